The second-order valence-corrected chi connectivity index (χ2v) is 5.64. The first kappa shape index (κ1) is 15.8. The molecule has 0 N–H and O–H groups in total. The number of hydrogen-bond acceptors (Lipinski definition) is 1. The molecule has 0 aliphatic carbocycles. The van der Waals surface area contributed by atoms with Crippen LogP contribution in [0, 0.1) is 0 Å². The zero-order valence-electron chi connectivity index (χ0n) is 11.0. The number of alkyl halides is 3. The Labute approximate surface area is 128 Å². The second kappa shape index (κ2) is 6.43. The monoisotopic (exact) mass is 356 g/mol. The molecule has 5 heteroatoms. The van der Waals surface area contributed by atoms with Gasteiger partial charge in [-0.25, -0.2) is 0 Å². The van der Waals surface area contributed by atoms with Crippen LogP contribution in [0.4, 0.5) is 13.2 Å². The highest BCUT2D eigenvalue weighted by atomic mass is 79.9. The van der Waals surface area contributed by atoms with Crippen molar-refractivity contribution in [1.82, 2.24) is 0 Å². The van der Waals surface area contributed by atoms with Crippen LogP contribution in [-0.2, 0) is 23.8 Å². The highest BCUT2D eigenvalue weighted by Crippen LogP contribution is 2.29. The molecule has 21 heavy (non-hydrogen) atoms. The summed E-state index contributed by atoms with van der Waals surface area (Å²) < 4.78 is 38.7. The van der Waals surface area contributed by atoms with Gasteiger partial charge in [0.15, 0.2) is 0 Å². The first-order chi connectivity index (χ1) is 9.84. The predicted octanol–water partition coefficient (Wildman–Crippen LogP) is 4.82. The average molecular weight is 357 g/mol. The molecular weight excluding hydrogens is 345 g/mol. The fraction of sp³-hybridized carbons (Fsp3) is 0.188. The largest absolute Gasteiger partial charge is 0.416 e. The third-order valence-electron chi connectivity index (χ3n) is 2.95. The summed E-state index contributed by atoms with van der Waals surface area (Å²) in [5, 5.41) is 0. The molecule has 0 aromatic heterocycles. The van der Waals surface area contributed by atoms with Crippen molar-refractivity contribution in [2.45, 2.75) is 19.0 Å². The van der Waals surface area contributed by atoms with Crippen LogP contribution in [0.2, 0.25) is 0 Å². The molecule has 0 heterocycles. The van der Waals surface area contributed by atoms with E-state index in [4.69, 9.17) is 0 Å². The first-order valence-corrected chi connectivity index (χ1v) is 7.06. The highest BCUT2D eigenvalue weighted by molar-refractivity contribution is 9.10. The van der Waals surface area contributed by atoms with Gasteiger partial charge in [0, 0.05) is 17.3 Å². The van der Waals surface area contributed by atoms with Gasteiger partial charge in [-0.3, -0.25) is 4.79 Å². The van der Waals surface area contributed by atoms with Crippen LogP contribution in [0.5, 0.6) is 0 Å². The van der Waals surface area contributed by atoms with Gasteiger partial charge < -0.3 is 0 Å². The molecular formula is C16H12BrF3O. The summed E-state index contributed by atoms with van der Waals surface area (Å²) >= 11 is 3.31. The van der Waals surface area contributed by atoms with E-state index in [0.717, 1.165) is 22.2 Å². The third kappa shape index (κ3) is 4.70. The van der Waals surface area contributed by atoms with Gasteiger partial charge in [-0.2, -0.15) is 13.2 Å². The van der Waals surface area contributed by atoms with Crippen LogP contribution in [0.25, 0.3) is 0 Å². The summed E-state index contributed by atoms with van der Waals surface area (Å²) in [6, 6.07) is 12.2. The Bertz CT molecular complexity index is 650. The standard InChI is InChI=1S/C16H12BrF3O/c17-14-6-2-4-12(8-14)10-15(21)9-11-3-1-5-13(7-11)16(18,19)20/h1-8H,9-10H2. The van der Waals surface area contributed by atoms with Crippen LogP contribution in [0.1, 0.15) is 16.7 Å². The Morgan fingerprint density at radius 2 is 1.52 bits per heavy atom. The van der Waals surface area contributed by atoms with Crippen molar-refractivity contribution in [1.29, 1.82) is 0 Å². The van der Waals surface area contributed by atoms with Crippen molar-refractivity contribution in [2.24, 2.45) is 0 Å². The molecule has 0 atom stereocenters. The molecule has 0 spiro atoms. The number of hydrogen-bond donors (Lipinski definition) is 0. The second-order valence-electron chi connectivity index (χ2n) is 4.72. The molecule has 0 fully saturated rings. The van der Waals surface area contributed by atoms with Gasteiger partial charge in [-0.1, -0.05) is 46.3 Å². The van der Waals surface area contributed by atoms with Crippen molar-refractivity contribution in [3.8, 4) is 0 Å². The zero-order chi connectivity index (χ0) is 15.5. The van der Waals surface area contributed by atoms with Gasteiger partial charge in [0.1, 0.15) is 5.78 Å². The van der Waals surface area contributed by atoms with Gasteiger partial charge in [0.25, 0.3) is 0 Å². The molecule has 2 aromatic carbocycles. The SMILES string of the molecule is O=C(Cc1cccc(Br)c1)Cc1cccc(C(F)(F)F)c1. The Kier molecular flexibility index (Phi) is 4.83. The highest BCUT2D eigenvalue weighted by Gasteiger charge is 2.30. The number of ketones is 1. The molecule has 0 aliphatic heterocycles. The van der Waals surface area contributed by atoms with Crippen molar-refractivity contribution >= 4 is 21.7 Å². The summed E-state index contributed by atoms with van der Waals surface area (Å²) in [6.45, 7) is 0. The normalized spacial score (nSPS) is 11.4. The number of Topliss-reactive ketones (excluding diaryl/α,β-unsaturated/α-hetero) is 1. The predicted molar refractivity (Wildman–Crippen MR) is 78.0 cm³/mol. The minimum absolute atomic E-state index is 0.00354. The fourth-order valence-electron chi connectivity index (χ4n) is 2.02. The molecule has 0 bridgehead atoms. The first-order valence-electron chi connectivity index (χ1n) is 6.27. The van der Waals surface area contributed by atoms with Gasteiger partial charge in [0.2, 0.25) is 0 Å². The quantitative estimate of drug-likeness (QED) is 0.767. The maximum atomic E-state index is 12.6. The van der Waals surface area contributed by atoms with Crippen LogP contribution in [0.3, 0.4) is 0 Å². The maximum absolute atomic E-state index is 12.6. The lowest BCUT2D eigenvalue weighted by Crippen LogP contribution is -2.09. The van der Waals surface area contributed by atoms with Gasteiger partial charge in [-0.05, 0) is 29.3 Å². The number of halogens is 4. The van der Waals surface area contributed by atoms with Crippen molar-refractivity contribution < 1.29 is 18.0 Å². The summed E-state index contributed by atoms with van der Waals surface area (Å²) in [7, 11) is 0. The molecule has 0 unspecified atom stereocenters. The molecule has 0 aliphatic rings. The number of benzene rings is 2. The van der Waals surface area contributed by atoms with Gasteiger partial charge >= 0.3 is 6.18 Å². The van der Waals surface area contributed by atoms with Crippen molar-refractivity contribution in [2.75, 3.05) is 0 Å². The topological polar surface area (TPSA) is 17.1 Å². The number of rotatable bonds is 4. The minimum atomic E-state index is -4.39. The Morgan fingerprint density at radius 1 is 0.952 bits per heavy atom. The van der Waals surface area contributed by atoms with E-state index in [1.54, 1.807) is 0 Å². The molecule has 0 radical (unpaired) electrons. The van der Waals surface area contributed by atoms with E-state index >= 15 is 0 Å². The lowest BCUT2D eigenvalue weighted by Gasteiger charge is -2.08. The van der Waals surface area contributed by atoms with Crippen molar-refractivity contribution in [3.05, 3.63) is 69.7 Å². The molecule has 0 amide bonds. The van der Waals surface area contributed by atoms with E-state index in [-0.39, 0.29) is 18.6 Å². The molecule has 2 aromatic rings. The summed E-state index contributed by atoms with van der Waals surface area (Å²) in [4.78, 5) is 12.0. The van der Waals surface area contributed by atoms with E-state index in [2.05, 4.69) is 15.9 Å². The fourth-order valence-corrected chi connectivity index (χ4v) is 2.47. The van der Waals surface area contributed by atoms with Crippen LogP contribution in [0.15, 0.2) is 53.0 Å². The summed E-state index contributed by atoms with van der Waals surface area (Å²) in [6.07, 6.45) is -4.19. The summed E-state index contributed by atoms with van der Waals surface area (Å²) in [5.41, 5.74) is 0.487. The van der Waals surface area contributed by atoms with E-state index in [1.165, 1.54) is 12.1 Å². The van der Waals surface area contributed by atoms with E-state index in [9.17, 15) is 18.0 Å². The Balaban J connectivity index is 2.06. The molecule has 0 saturated heterocycles. The zero-order valence-corrected chi connectivity index (χ0v) is 12.5. The van der Waals surface area contributed by atoms with Gasteiger partial charge in [0.05, 0.1) is 5.56 Å². The molecule has 0 saturated carbocycles. The molecule has 1 nitrogen and oxygen atoms in total. The molecule has 110 valence electrons. The van der Waals surface area contributed by atoms with Crippen LogP contribution >= 0.6 is 15.9 Å². The van der Waals surface area contributed by atoms with Gasteiger partial charge in [-0.15, -0.1) is 0 Å². The van der Waals surface area contributed by atoms with Crippen LogP contribution < -0.4 is 0 Å². The lowest BCUT2D eigenvalue weighted by atomic mass is 10.0. The van der Waals surface area contributed by atoms with E-state index in [1.807, 2.05) is 24.3 Å². The maximum Gasteiger partial charge on any atom is 0.416 e. The Hall–Kier alpha value is -1.62. The summed E-state index contributed by atoms with van der Waals surface area (Å²) in [5.74, 6) is -0.118. The van der Waals surface area contributed by atoms with E-state index in [0.29, 0.717) is 5.56 Å². The lowest BCUT2D eigenvalue weighted by molar-refractivity contribution is -0.137. The smallest absolute Gasteiger partial charge is 0.299 e. The van der Waals surface area contributed by atoms with E-state index < -0.39 is 11.7 Å². The van der Waals surface area contributed by atoms with Crippen LogP contribution in [-0.4, -0.2) is 5.78 Å². The molecule has 2 rings (SSSR count). The number of carbonyl (C=O) groups excluding carboxylic acids is 1. The van der Waals surface area contributed by atoms with Crippen molar-refractivity contribution in [3.63, 3.8) is 0 Å². The average Bonchev–Trinajstić information content (AvgIpc) is 2.37. The Morgan fingerprint density at radius 3 is 2.10 bits per heavy atom. The third-order valence-corrected chi connectivity index (χ3v) is 3.44. The number of carbonyl (C=O) groups is 1. The minimum Gasteiger partial charge on any atom is -0.299 e.